The summed E-state index contributed by atoms with van der Waals surface area (Å²) in [6, 6.07) is 0.332. The number of aliphatic hydroxyl groups excluding tert-OH is 2. The maximum Gasteiger partial charge on any atom is 0.142 e. The maximum absolute atomic E-state index is 10.8. The van der Waals surface area contributed by atoms with Crippen molar-refractivity contribution in [3.8, 4) is 0 Å². The highest BCUT2D eigenvalue weighted by molar-refractivity contribution is 6.20. The van der Waals surface area contributed by atoms with E-state index in [-0.39, 0.29) is 18.4 Å². The van der Waals surface area contributed by atoms with Crippen LogP contribution in [0, 0.1) is 5.92 Å². The summed E-state index contributed by atoms with van der Waals surface area (Å²) in [6.45, 7) is 8.84. The Morgan fingerprint density at radius 1 is 1.12 bits per heavy atom. The molecule has 3 heterocycles. The molecule has 1 saturated carbocycles. The number of fused-ring (bicyclic) bond motifs is 1. The summed E-state index contributed by atoms with van der Waals surface area (Å²) >= 11 is 6.22. The molecule has 7 atom stereocenters. The van der Waals surface area contributed by atoms with E-state index < -0.39 is 24.5 Å². The number of alkyl halides is 1. The van der Waals surface area contributed by atoms with E-state index in [0.717, 1.165) is 38.4 Å². The molecule has 3 aliphatic heterocycles. The molecule has 0 radical (unpaired) electrons. The zero-order chi connectivity index (χ0) is 24.2. The molecule has 34 heavy (non-hydrogen) atoms. The van der Waals surface area contributed by atoms with Crippen LogP contribution in [0.4, 0.5) is 0 Å². The molecule has 0 spiro atoms. The second-order valence-corrected chi connectivity index (χ2v) is 11.4. The molecule has 198 valence electrons. The van der Waals surface area contributed by atoms with Gasteiger partial charge in [0.15, 0.2) is 0 Å². The second-order valence-electron chi connectivity index (χ2n) is 10.7. The summed E-state index contributed by atoms with van der Waals surface area (Å²) in [6.07, 6.45) is 2.89. The summed E-state index contributed by atoms with van der Waals surface area (Å²) in [5.41, 5.74) is 6.17. The van der Waals surface area contributed by atoms with Gasteiger partial charge in [-0.3, -0.25) is 20.9 Å². The zero-order valence-electron chi connectivity index (χ0n) is 20.7. The van der Waals surface area contributed by atoms with Crippen molar-refractivity contribution in [2.75, 3.05) is 39.5 Å². The van der Waals surface area contributed by atoms with Gasteiger partial charge in [0.2, 0.25) is 0 Å². The molecule has 3 saturated heterocycles. The molecule has 11 heteroatoms. The SMILES string of the molecule is CC(C)N(CCNCCC1CCC(Cl)CC1)C[C@H]1O[C@@H](N2CNC3C(N)NCNC32)[C@H](O)[C@@H]1O. The summed E-state index contributed by atoms with van der Waals surface area (Å²) in [5.74, 6) is 0.799. The van der Waals surface area contributed by atoms with Gasteiger partial charge in [-0.25, -0.2) is 4.90 Å². The predicted molar refractivity (Wildman–Crippen MR) is 133 cm³/mol. The van der Waals surface area contributed by atoms with Crippen molar-refractivity contribution >= 4 is 11.6 Å². The molecule has 4 aliphatic rings. The Morgan fingerprint density at radius 3 is 2.62 bits per heavy atom. The van der Waals surface area contributed by atoms with E-state index in [4.69, 9.17) is 22.1 Å². The minimum Gasteiger partial charge on any atom is -0.387 e. The van der Waals surface area contributed by atoms with Gasteiger partial charge in [0.05, 0.1) is 25.0 Å². The topological polar surface area (TPSA) is 130 Å². The first kappa shape index (κ1) is 26.9. The lowest BCUT2D eigenvalue weighted by atomic mass is 9.87. The summed E-state index contributed by atoms with van der Waals surface area (Å²) in [7, 11) is 0. The van der Waals surface area contributed by atoms with Crippen molar-refractivity contribution in [1.82, 2.24) is 31.1 Å². The highest BCUT2D eigenvalue weighted by Gasteiger charge is 2.51. The molecule has 0 amide bonds. The van der Waals surface area contributed by atoms with Gasteiger partial charge in [0.25, 0.3) is 0 Å². The van der Waals surface area contributed by atoms with E-state index in [1.54, 1.807) is 0 Å². The van der Waals surface area contributed by atoms with Crippen molar-refractivity contribution in [3.63, 3.8) is 0 Å². The number of nitrogens with two attached hydrogens (primary N) is 1. The molecule has 0 bridgehead atoms. The molecule has 1 aliphatic carbocycles. The Labute approximate surface area is 209 Å². The number of halogens is 1. The Bertz CT molecular complexity index is 627. The van der Waals surface area contributed by atoms with Crippen molar-refractivity contribution in [3.05, 3.63) is 0 Å². The third-order valence-corrected chi connectivity index (χ3v) is 8.57. The van der Waals surface area contributed by atoms with Gasteiger partial charge in [-0.05, 0) is 58.4 Å². The molecule has 8 N–H and O–H groups in total. The molecule has 4 fully saturated rings. The fourth-order valence-electron chi connectivity index (χ4n) is 5.86. The molecule has 4 rings (SSSR count). The number of nitrogens with zero attached hydrogens (tertiary/aromatic N) is 2. The van der Waals surface area contributed by atoms with Gasteiger partial charge < -0.3 is 26.0 Å². The average molecular weight is 504 g/mol. The molecule has 0 aromatic carbocycles. The third kappa shape index (κ3) is 6.41. The van der Waals surface area contributed by atoms with E-state index in [1.807, 2.05) is 4.90 Å². The van der Waals surface area contributed by atoms with Crippen LogP contribution in [0.5, 0.6) is 0 Å². The van der Waals surface area contributed by atoms with Crippen LogP contribution in [0.3, 0.4) is 0 Å². The van der Waals surface area contributed by atoms with E-state index >= 15 is 0 Å². The largest absolute Gasteiger partial charge is 0.387 e. The Kier molecular flexibility index (Phi) is 9.84. The lowest BCUT2D eigenvalue weighted by Gasteiger charge is -2.38. The zero-order valence-corrected chi connectivity index (χ0v) is 21.5. The van der Waals surface area contributed by atoms with E-state index in [9.17, 15) is 10.2 Å². The maximum atomic E-state index is 10.8. The van der Waals surface area contributed by atoms with E-state index in [2.05, 4.69) is 40.0 Å². The number of hydrogen-bond acceptors (Lipinski definition) is 10. The number of aliphatic hydroxyl groups is 2. The molecule has 0 aromatic heterocycles. The van der Waals surface area contributed by atoms with Gasteiger partial charge in [-0.1, -0.05) is 0 Å². The van der Waals surface area contributed by atoms with Gasteiger partial charge in [0.1, 0.15) is 24.5 Å². The van der Waals surface area contributed by atoms with Crippen LogP contribution >= 0.6 is 11.6 Å². The van der Waals surface area contributed by atoms with Gasteiger partial charge >= 0.3 is 0 Å². The quantitative estimate of drug-likeness (QED) is 0.146. The minimum absolute atomic E-state index is 0.0175. The highest BCUT2D eigenvalue weighted by Crippen LogP contribution is 2.30. The number of rotatable bonds is 10. The summed E-state index contributed by atoms with van der Waals surface area (Å²) < 4.78 is 6.26. The lowest BCUT2D eigenvalue weighted by Crippen LogP contribution is -2.68. The smallest absolute Gasteiger partial charge is 0.142 e. The third-order valence-electron chi connectivity index (χ3n) is 8.13. The second kappa shape index (κ2) is 12.4. The Hall–Kier alpha value is -0.110. The number of hydrogen-bond donors (Lipinski definition) is 7. The molecular formula is C23H46ClN7O3. The van der Waals surface area contributed by atoms with Gasteiger partial charge in [-0.2, -0.15) is 0 Å². The van der Waals surface area contributed by atoms with Crippen molar-refractivity contribution in [1.29, 1.82) is 0 Å². The van der Waals surface area contributed by atoms with Crippen molar-refractivity contribution < 1.29 is 14.9 Å². The van der Waals surface area contributed by atoms with E-state index in [0.29, 0.717) is 31.3 Å². The first-order chi connectivity index (χ1) is 16.3. The number of nitrogens with one attached hydrogen (secondary N) is 4. The Morgan fingerprint density at radius 2 is 1.88 bits per heavy atom. The molecule has 3 unspecified atom stereocenters. The molecule has 10 nitrogen and oxygen atoms in total. The summed E-state index contributed by atoms with van der Waals surface area (Å²) in [5, 5.41) is 35.6. The fraction of sp³-hybridized carbons (Fsp3) is 1.00. The first-order valence-corrected chi connectivity index (χ1v) is 13.6. The van der Waals surface area contributed by atoms with Crippen molar-refractivity contribution in [2.24, 2.45) is 11.7 Å². The van der Waals surface area contributed by atoms with Crippen LogP contribution in [0.15, 0.2) is 0 Å². The van der Waals surface area contributed by atoms with Crippen LogP contribution in [0.1, 0.15) is 46.0 Å². The Balaban J connectivity index is 1.22. The first-order valence-electron chi connectivity index (χ1n) is 13.2. The fourth-order valence-corrected chi connectivity index (χ4v) is 6.11. The minimum atomic E-state index is -0.964. The van der Waals surface area contributed by atoms with Gasteiger partial charge in [0, 0.05) is 37.7 Å². The van der Waals surface area contributed by atoms with Crippen LogP contribution in [0.25, 0.3) is 0 Å². The standard InChI is InChI=1S/C23H46ClN7O3/c1-14(2)30(10-9-26-8-7-15-3-5-16(24)6-4-15)11-17-19(32)20(33)23(34-17)31-13-29-18-21(25)27-12-28-22(18)31/h14-23,26-29,32-33H,3-13,25H2,1-2H3/t15?,16?,17-,18?,19-,20-,21?,22?,23-/m1/s1. The summed E-state index contributed by atoms with van der Waals surface area (Å²) in [4.78, 5) is 4.36. The van der Waals surface area contributed by atoms with E-state index in [1.165, 1.54) is 19.3 Å². The molecule has 0 aromatic rings. The average Bonchev–Trinajstić information content (AvgIpc) is 3.36. The normalized spacial score (nSPS) is 41.5. The monoisotopic (exact) mass is 503 g/mol. The predicted octanol–water partition coefficient (Wildman–Crippen LogP) is -1.09. The van der Waals surface area contributed by atoms with Gasteiger partial charge in [-0.15, -0.1) is 11.6 Å². The van der Waals surface area contributed by atoms with Crippen LogP contribution in [-0.4, -0.2) is 114 Å². The van der Waals surface area contributed by atoms with Crippen LogP contribution in [0.2, 0.25) is 0 Å². The molecular weight excluding hydrogens is 458 g/mol. The van der Waals surface area contributed by atoms with Crippen LogP contribution < -0.4 is 27.0 Å². The number of ether oxygens (including phenoxy) is 1. The highest BCUT2D eigenvalue weighted by atomic mass is 35.5. The van der Waals surface area contributed by atoms with Crippen molar-refractivity contribution in [2.45, 2.75) is 100 Å². The lowest BCUT2D eigenvalue weighted by molar-refractivity contribution is -0.107. The van der Waals surface area contributed by atoms with Crippen LogP contribution in [-0.2, 0) is 4.74 Å².